The number of ketones is 1. The Hall–Kier alpha value is -3.83. The summed E-state index contributed by atoms with van der Waals surface area (Å²) in [6.07, 6.45) is 3.53. The van der Waals surface area contributed by atoms with Crippen LogP contribution < -0.4 is 10.1 Å². The van der Waals surface area contributed by atoms with Crippen molar-refractivity contribution in [3.05, 3.63) is 47.5 Å². The predicted molar refractivity (Wildman–Crippen MR) is 147 cm³/mol. The standard InChI is InChI=1S/C28H35N7O4/c1-17(36)11-19-12-20(7-8-29-19)39-22-14-30-26-25(18(22)2)34(6)27(32-26)31-24-13-23(28(3,4)5)35(33-24)15-21-16-37-9-10-38-21/h7-8,12-14,21H,9-11,15-16H2,1-6H3,(H,30,31,32,33). The second-order valence-electron chi connectivity index (χ2n) is 10.9. The van der Waals surface area contributed by atoms with Gasteiger partial charge in [-0.05, 0) is 19.9 Å². The third-order valence-corrected chi connectivity index (χ3v) is 6.60. The van der Waals surface area contributed by atoms with Crippen LogP contribution in [0.25, 0.3) is 11.2 Å². The van der Waals surface area contributed by atoms with Crippen molar-refractivity contribution in [2.24, 2.45) is 7.05 Å². The second-order valence-corrected chi connectivity index (χ2v) is 10.9. The molecule has 4 aromatic heterocycles. The molecule has 11 nitrogen and oxygen atoms in total. The molecule has 4 aromatic rings. The monoisotopic (exact) mass is 533 g/mol. The number of hydrogen-bond acceptors (Lipinski definition) is 9. The molecule has 1 N–H and O–H groups in total. The molecule has 5 heterocycles. The Labute approximate surface area is 227 Å². The Bertz CT molecular complexity index is 1500. The van der Waals surface area contributed by atoms with E-state index in [1.54, 1.807) is 31.5 Å². The van der Waals surface area contributed by atoms with Crippen LogP contribution in [0.4, 0.5) is 11.8 Å². The number of anilines is 2. The van der Waals surface area contributed by atoms with Crippen molar-refractivity contribution in [3.8, 4) is 11.5 Å². The van der Waals surface area contributed by atoms with Gasteiger partial charge in [-0.1, -0.05) is 20.8 Å². The number of aryl methyl sites for hydroxylation is 2. The van der Waals surface area contributed by atoms with E-state index >= 15 is 0 Å². The molecule has 0 bridgehead atoms. The Morgan fingerprint density at radius 2 is 2.05 bits per heavy atom. The molecule has 1 unspecified atom stereocenters. The summed E-state index contributed by atoms with van der Waals surface area (Å²) >= 11 is 0. The molecule has 1 atom stereocenters. The first kappa shape index (κ1) is 26.8. The normalized spacial score (nSPS) is 16.0. The van der Waals surface area contributed by atoms with Crippen molar-refractivity contribution in [3.63, 3.8) is 0 Å². The van der Waals surface area contributed by atoms with Gasteiger partial charge in [-0.2, -0.15) is 10.1 Å². The fourth-order valence-corrected chi connectivity index (χ4v) is 4.71. The first-order valence-electron chi connectivity index (χ1n) is 13.1. The predicted octanol–water partition coefficient (Wildman–Crippen LogP) is 4.25. The number of imidazole rings is 1. The number of ether oxygens (including phenoxy) is 3. The molecule has 1 aliphatic heterocycles. The summed E-state index contributed by atoms with van der Waals surface area (Å²) in [5.74, 6) is 2.56. The molecule has 0 aromatic carbocycles. The highest BCUT2D eigenvalue weighted by Gasteiger charge is 2.25. The molecule has 1 fully saturated rings. The summed E-state index contributed by atoms with van der Waals surface area (Å²) in [4.78, 5) is 25.0. The fraction of sp³-hybridized carbons (Fsp3) is 0.464. The van der Waals surface area contributed by atoms with E-state index in [-0.39, 0.29) is 23.7 Å². The molecule has 1 saturated heterocycles. The number of carbonyl (C=O) groups excluding carboxylic acids is 1. The molecule has 0 saturated carbocycles. The average Bonchev–Trinajstić information content (AvgIpc) is 3.42. The van der Waals surface area contributed by atoms with Gasteiger partial charge in [-0.3, -0.25) is 14.5 Å². The number of nitrogens with zero attached hydrogens (tertiary/aromatic N) is 6. The van der Waals surface area contributed by atoms with E-state index in [0.717, 1.165) is 16.8 Å². The smallest absolute Gasteiger partial charge is 0.210 e. The lowest BCUT2D eigenvalue weighted by Gasteiger charge is -2.26. The van der Waals surface area contributed by atoms with E-state index in [2.05, 4.69) is 42.1 Å². The zero-order valence-electron chi connectivity index (χ0n) is 23.3. The summed E-state index contributed by atoms with van der Waals surface area (Å²) in [6, 6.07) is 5.59. The summed E-state index contributed by atoms with van der Waals surface area (Å²) in [5.41, 5.74) is 3.97. The largest absolute Gasteiger partial charge is 0.455 e. The highest BCUT2D eigenvalue weighted by Crippen LogP contribution is 2.32. The van der Waals surface area contributed by atoms with Crippen molar-refractivity contribution >= 4 is 28.7 Å². The van der Waals surface area contributed by atoms with Crippen molar-refractivity contribution in [1.29, 1.82) is 0 Å². The first-order chi connectivity index (χ1) is 18.6. The average molecular weight is 534 g/mol. The van der Waals surface area contributed by atoms with Gasteiger partial charge in [0.15, 0.2) is 17.2 Å². The van der Waals surface area contributed by atoms with Gasteiger partial charge in [0.25, 0.3) is 0 Å². The Balaban J connectivity index is 1.41. The second kappa shape index (κ2) is 10.7. The van der Waals surface area contributed by atoms with Gasteiger partial charge in [0.1, 0.15) is 17.6 Å². The van der Waals surface area contributed by atoms with Crippen molar-refractivity contribution in [2.75, 3.05) is 25.1 Å². The van der Waals surface area contributed by atoms with Crippen LogP contribution in [-0.4, -0.2) is 61.0 Å². The summed E-state index contributed by atoms with van der Waals surface area (Å²) < 4.78 is 21.5. The van der Waals surface area contributed by atoms with Crippen LogP contribution >= 0.6 is 0 Å². The van der Waals surface area contributed by atoms with E-state index in [4.69, 9.17) is 24.3 Å². The first-order valence-corrected chi connectivity index (χ1v) is 13.1. The number of carbonyl (C=O) groups is 1. The van der Waals surface area contributed by atoms with Crippen LogP contribution in [0, 0.1) is 6.92 Å². The third kappa shape index (κ3) is 5.94. The number of rotatable bonds is 8. The Kier molecular flexibility index (Phi) is 7.37. The molecule has 0 radical (unpaired) electrons. The zero-order chi connectivity index (χ0) is 27.7. The maximum absolute atomic E-state index is 11.5. The molecular formula is C28H35N7O4. The van der Waals surface area contributed by atoms with Gasteiger partial charge in [-0.15, -0.1) is 0 Å². The molecular weight excluding hydrogens is 498 g/mol. The maximum Gasteiger partial charge on any atom is 0.210 e. The molecule has 39 heavy (non-hydrogen) atoms. The number of nitrogens with one attached hydrogen (secondary N) is 1. The third-order valence-electron chi connectivity index (χ3n) is 6.60. The molecule has 0 aliphatic carbocycles. The lowest BCUT2D eigenvalue weighted by atomic mass is 9.92. The lowest BCUT2D eigenvalue weighted by molar-refractivity contribution is -0.116. The minimum absolute atomic E-state index is 0.0347. The van der Waals surface area contributed by atoms with Crippen LogP contribution in [0.5, 0.6) is 11.5 Å². The zero-order valence-corrected chi connectivity index (χ0v) is 23.3. The van der Waals surface area contributed by atoms with Gasteiger partial charge >= 0.3 is 0 Å². The van der Waals surface area contributed by atoms with E-state index in [1.807, 2.05) is 23.2 Å². The van der Waals surface area contributed by atoms with Gasteiger partial charge in [0.2, 0.25) is 5.95 Å². The Morgan fingerprint density at radius 3 is 2.77 bits per heavy atom. The van der Waals surface area contributed by atoms with Crippen LogP contribution in [0.1, 0.15) is 44.6 Å². The molecule has 5 rings (SSSR count). The van der Waals surface area contributed by atoms with Crippen molar-refractivity contribution < 1.29 is 19.0 Å². The maximum atomic E-state index is 11.5. The number of Topliss-reactive ketones (excluding diaryl/α,β-unsaturated/α-hetero) is 1. The van der Waals surface area contributed by atoms with Gasteiger partial charge < -0.3 is 24.1 Å². The quantitative estimate of drug-likeness (QED) is 0.355. The number of fused-ring (bicyclic) bond motifs is 1. The minimum Gasteiger partial charge on any atom is -0.455 e. The van der Waals surface area contributed by atoms with Gasteiger partial charge in [0, 0.05) is 48.5 Å². The van der Waals surface area contributed by atoms with Crippen molar-refractivity contribution in [2.45, 2.75) is 59.1 Å². The number of pyridine rings is 2. The van der Waals surface area contributed by atoms with E-state index < -0.39 is 0 Å². The Morgan fingerprint density at radius 1 is 1.23 bits per heavy atom. The lowest BCUT2D eigenvalue weighted by Crippen LogP contribution is -2.34. The van der Waals surface area contributed by atoms with Gasteiger partial charge in [0.05, 0.1) is 43.8 Å². The summed E-state index contributed by atoms with van der Waals surface area (Å²) in [6.45, 7) is 12.4. The summed E-state index contributed by atoms with van der Waals surface area (Å²) in [7, 11) is 1.93. The SMILES string of the molecule is CC(=O)Cc1cc(Oc2cnc3nc(Nc4cc(C(C)(C)C)n(CC5COCCO5)n4)n(C)c3c2C)ccn1. The molecule has 1 aliphatic rings. The molecule has 206 valence electrons. The molecule has 0 amide bonds. The van der Waals surface area contributed by atoms with Crippen LogP contribution in [0.2, 0.25) is 0 Å². The number of aromatic nitrogens is 6. The van der Waals surface area contributed by atoms with E-state index in [1.165, 1.54) is 0 Å². The highest BCUT2D eigenvalue weighted by molar-refractivity contribution is 5.81. The fourth-order valence-electron chi connectivity index (χ4n) is 4.71. The van der Waals surface area contributed by atoms with Crippen LogP contribution in [0.15, 0.2) is 30.6 Å². The molecule has 0 spiro atoms. The minimum atomic E-state index is -0.115. The summed E-state index contributed by atoms with van der Waals surface area (Å²) in [5, 5.41) is 8.22. The molecule has 11 heteroatoms. The highest BCUT2D eigenvalue weighted by atomic mass is 16.6. The van der Waals surface area contributed by atoms with E-state index in [9.17, 15) is 4.79 Å². The van der Waals surface area contributed by atoms with Gasteiger partial charge in [-0.25, -0.2) is 4.98 Å². The van der Waals surface area contributed by atoms with Crippen LogP contribution in [-0.2, 0) is 39.7 Å². The van der Waals surface area contributed by atoms with Crippen LogP contribution in [0.3, 0.4) is 0 Å². The topological polar surface area (TPSA) is 118 Å². The number of hydrogen-bond donors (Lipinski definition) is 1. The van der Waals surface area contributed by atoms with Crippen molar-refractivity contribution in [1.82, 2.24) is 29.3 Å². The van der Waals surface area contributed by atoms with E-state index in [0.29, 0.717) is 61.0 Å².